The van der Waals surface area contributed by atoms with Crippen molar-refractivity contribution >= 4 is 24.5 Å². The minimum atomic E-state index is -0.383. The average Bonchev–Trinajstić information content (AvgIpc) is 2.20. The molecule has 0 saturated carbocycles. The predicted molar refractivity (Wildman–Crippen MR) is 63.9 cm³/mol. The van der Waals surface area contributed by atoms with E-state index in [9.17, 15) is 9.18 Å². The summed E-state index contributed by atoms with van der Waals surface area (Å²) >= 11 is 4.07. The van der Waals surface area contributed by atoms with Gasteiger partial charge in [-0.25, -0.2) is 4.39 Å². The minimum Gasteiger partial charge on any atom is -0.294 e. The monoisotopic (exact) mass is 224 g/mol. The maximum absolute atomic E-state index is 12.9. The van der Waals surface area contributed by atoms with E-state index in [-0.39, 0.29) is 11.6 Å². The van der Waals surface area contributed by atoms with E-state index >= 15 is 0 Å². The van der Waals surface area contributed by atoms with Crippen molar-refractivity contribution in [2.45, 2.75) is 13.3 Å². The smallest absolute Gasteiger partial charge is 0.160 e. The summed E-state index contributed by atoms with van der Waals surface area (Å²) in [6, 6.07) is 4.23. The van der Waals surface area contributed by atoms with Crippen LogP contribution >= 0.6 is 12.6 Å². The van der Waals surface area contributed by atoms with Crippen molar-refractivity contribution in [2.24, 2.45) is 0 Å². The van der Waals surface area contributed by atoms with E-state index in [0.29, 0.717) is 5.56 Å². The number of Topliss-reactive ketones (excluding diaryl/α,β-unsaturated/α-hetero) is 1. The Morgan fingerprint density at radius 1 is 1.53 bits per heavy atom. The molecule has 0 spiro atoms. The first-order valence-corrected chi connectivity index (χ1v) is 5.36. The molecule has 0 aliphatic carbocycles. The quantitative estimate of drug-likeness (QED) is 0.613. The molecule has 80 valence electrons. The van der Waals surface area contributed by atoms with Gasteiger partial charge in [0.1, 0.15) is 5.82 Å². The van der Waals surface area contributed by atoms with Gasteiger partial charge in [-0.15, -0.1) is 0 Å². The molecule has 15 heavy (non-hydrogen) atoms. The molecule has 1 aromatic rings. The summed E-state index contributed by atoms with van der Waals surface area (Å²) in [4.78, 5) is 11.2. The largest absolute Gasteiger partial charge is 0.294 e. The molecule has 1 aromatic carbocycles. The number of halogens is 1. The lowest BCUT2D eigenvalue weighted by atomic mass is 10.0. The summed E-state index contributed by atoms with van der Waals surface area (Å²) in [6.45, 7) is 1.44. The van der Waals surface area contributed by atoms with Gasteiger partial charge in [-0.3, -0.25) is 4.79 Å². The molecule has 0 aliphatic heterocycles. The van der Waals surface area contributed by atoms with E-state index in [4.69, 9.17) is 0 Å². The molecular weight excluding hydrogens is 211 g/mol. The SMILES string of the molecule is CC(=O)c1cc(F)ccc1C=CCCS. The Labute approximate surface area is 94.4 Å². The Balaban J connectivity index is 3.01. The van der Waals surface area contributed by atoms with Gasteiger partial charge in [-0.2, -0.15) is 12.6 Å². The fourth-order valence-electron chi connectivity index (χ4n) is 1.26. The first-order valence-electron chi connectivity index (χ1n) is 4.73. The third kappa shape index (κ3) is 3.51. The van der Waals surface area contributed by atoms with Gasteiger partial charge in [0.2, 0.25) is 0 Å². The van der Waals surface area contributed by atoms with Crippen LogP contribution in [0.4, 0.5) is 4.39 Å². The Morgan fingerprint density at radius 3 is 2.87 bits per heavy atom. The van der Waals surface area contributed by atoms with Gasteiger partial charge in [0, 0.05) is 5.56 Å². The van der Waals surface area contributed by atoms with Crippen LogP contribution in [0.2, 0.25) is 0 Å². The van der Waals surface area contributed by atoms with Crippen LogP contribution in [-0.2, 0) is 0 Å². The second-order valence-electron chi connectivity index (χ2n) is 3.20. The molecule has 0 fully saturated rings. The van der Waals surface area contributed by atoms with Crippen LogP contribution in [0.25, 0.3) is 6.08 Å². The first kappa shape index (κ1) is 12.0. The zero-order valence-corrected chi connectivity index (χ0v) is 9.43. The highest BCUT2D eigenvalue weighted by atomic mass is 32.1. The molecule has 0 saturated heterocycles. The number of benzene rings is 1. The number of rotatable bonds is 4. The predicted octanol–water partition coefficient (Wildman–Crippen LogP) is 3.36. The average molecular weight is 224 g/mol. The van der Waals surface area contributed by atoms with Gasteiger partial charge in [0.15, 0.2) is 5.78 Å². The fraction of sp³-hybridized carbons (Fsp3) is 0.250. The van der Waals surface area contributed by atoms with E-state index in [1.54, 1.807) is 6.07 Å². The molecular formula is C12H13FOS. The number of allylic oxidation sites excluding steroid dienone is 1. The van der Waals surface area contributed by atoms with Gasteiger partial charge < -0.3 is 0 Å². The van der Waals surface area contributed by atoms with Crippen molar-refractivity contribution in [1.29, 1.82) is 0 Å². The Kier molecular flexibility index (Phi) is 4.56. The zero-order valence-electron chi connectivity index (χ0n) is 8.53. The highest BCUT2D eigenvalue weighted by Gasteiger charge is 2.05. The van der Waals surface area contributed by atoms with E-state index in [1.807, 2.05) is 12.2 Å². The standard InChI is InChI=1S/C12H13FOS/c1-9(14)12-8-11(13)6-5-10(12)4-2-3-7-15/h2,4-6,8,15H,3,7H2,1H3. The molecule has 3 heteroatoms. The topological polar surface area (TPSA) is 17.1 Å². The second kappa shape index (κ2) is 5.71. The lowest BCUT2D eigenvalue weighted by molar-refractivity contribution is 0.101. The third-order valence-electron chi connectivity index (χ3n) is 1.99. The molecule has 0 radical (unpaired) electrons. The number of carbonyl (C=O) groups is 1. The van der Waals surface area contributed by atoms with Crippen molar-refractivity contribution in [3.05, 3.63) is 41.2 Å². The summed E-state index contributed by atoms with van der Waals surface area (Å²) in [5.41, 5.74) is 1.18. The molecule has 1 nitrogen and oxygen atoms in total. The van der Waals surface area contributed by atoms with Crippen molar-refractivity contribution in [1.82, 2.24) is 0 Å². The van der Waals surface area contributed by atoms with Crippen molar-refractivity contribution in [3.63, 3.8) is 0 Å². The van der Waals surface area contributed by atoms with E-state index in [1.165, 1.54) is 19.1 Å². The molecule has 0 atom stereocenters. The highest BCUT2D eigenvalue weighted by molar-refractivity contribution is 7.80. The number of hydrogen-bond acceptors (Lipinski definition) is 2. The molecule has 0 amide bonds. The van der Waals surface area contributed by atoms with Crippen LogP contribution in [0, 0.1) is 5.82 Å². The van der Waals surface area contributed by atoms with Crippen LogP contribution in [0.3, 0.4) is 0 Å². The number of hydrogen-bond donors (Lipinski definition) is 1. The first-order chi connectivity index (χ1) is 7.15. The Morgan fingerprint density at radius 2 is 2.27 bits per heavy atom. The van der Waals surface area contributed by atoms with Gasteiger partial charge >= 0.3 is 0 Å². The molecule has 1 rings (SSSR count). The lowest BCUT2D eigenvalue weighted by Crippen LogP contribution is -1.96. The molecule has 0 heterocycles. The van der Waals surface area contributed by atoms with Crippen molar-refractivity contribution in [3.8, 4) is 0 Å². The summed E-state index contributed by atoms with van der Waals surface area (Å²) in [5, 5.41) is 0. The minimum absolute atomic E-state index is 0.125. The van der Waals surface area contributed by atoms with Crippen LogP contribution in [0.15, 0.2) is 24.3 Å². The third-order valence-corrected chi connectivity index (χ3v) is 2.25. The van der Waals surface area contributed by atoms with Crippen molar-refractivity contribution < 1.29 is 9.18 Å². The summed E-state index contributed by atoms with van der Waals surface area (Å²) < 4.78 is 12.9. The fourth-order valence-corrected chi connectivity index (χ4v) is 1.41. The molecule has 0 aliphatic rings. The Bertz CT molecular complexity index is 385. The maximum Gasteiger partial charge on any atom is 0.160 e. The normalized spacial score (nSPS) is 10.9. The maximum atomic E-state index is 12.9. The van der Waals surface area contributed by atoms with Crippen LogP contribution < -0.4 is 0 Å². The number of thiol groups is 1. The molecule has 0 N–H and O–H groups in total. The van der Waals surface area contributed by atoms with E-state index < -0.39 is 0 Å². The van der Waals surface area contributed by atoms with Crippen molar-refractivity contribution in [2.75, 3.05) is 5.75 Å². The van der Waals surface area contributed by atoms with Gasteiger partial charge in [0.05, 0.1) is 0 Å². The molecule has 0 bridgehead atoms. The van der Waals surface area contributed by atoms with Gasteiger partial charge in [-0.05, 0) is 36.8 Å². The molecule has 0 aromatic heterocycles. The van der Waals surface area contributed by atoms with E-state index in [0.717, 1.165) is 17.7 Å². The van der Waals surface area contributed by atoms with Crippen LogP contribution in [0.5, 0.6) is 0 Å². The lowest BCUT2D eigenvalue weighted by Gasteiger charge is -2.01. The van der Waals surface area contributed by atoms with Crippen LogP contribution in [0.1, 0.15) is 29.3 Å². The summed E-state index contributed by atoms with van der Waals surface area (Å²) in [6.07, 6.45) is 4.58. The zero-order chi connectivity index (χ0) is 11.3. The van der Waals surface area contributed by atoms with Crippen LogP contribution in [-0.4, -0.2) is 11.5 Å². The van der Waals surface area contributed by atoms with Gasteiger partial charge in [0.25, 0.3) is 0 Å². The van der Waals surface area contributed by atoms with E-state index in [2.05, 4.69) is 12.6 Å². The molecule has 0 unspecified atom stereocenters. The highest BCUT2D eigenvalue weighted by Crippen LogP contribution is 2.14. The summed E-state index contributed by atoms with van der Waals surface area (Å²) in [5.74, 6) is 0.249. The summed E-state index contributed by atoms with van der Waals surface area (Å²) in [7, 11) is 0. The Hall–Kier alpha value is -1.09. The van der Waals surface area contributed by atoms with Gasteiger partial charge in [-0.1, -0.05) is 18.2 Å². The second-order valence-corrected chi connectivity index (χ2v) is 3.65. The number of carbonyl (C=O) groups excluding carboxylic acids is 1. The number of ketones is 1.